The Kier molecular flexibility index (Phi) is 3.76. The fourth-order valence-corrected chi connectivity index (χ4v) is 2.94. The van der Waals surface area contributed by atoms with E-state index in [1.807, 2.05) is 26.0 Å². The highest BCUT2D eigenvalue weighted by Crippen LogP contribution is 2.25. The maximum atomic E-state index is 12.1. The maximum Gasteiger partial charge on any atom is 0.247 e. The zero-order valence-corrected chi connectivity index (χ0v) is 13.4. The molecule has 0 spiro atoms. The van der Waals surface area contributed by atoms with Crippen molar-refractivity contribution in [2.75, 3.05) is 5.32 Å². The molecule has 0 aromatic carbocycles. The Morgan fingerprint density at radius 3 is 2.82 bits per heavy atom. The minimum atomic E-state index is -0.140. The monoisotopic (exact) mass is 316 g/mol. The first-order chi connectivity index (χ1) is 10.5. The van der Waals surface area contributed by atoms with Crippen molar-refractivity contribution < 1.29 is 4.79 Å². The highest BCUT2D eigenvalue weighted by Gasteiger charge is 2.11. The van der Waals surface area contributed by atoms with Gasteiger partial charge in [0.25, 0.3) is 0 Å². The van der Waals surface area contributed by atoms with Gasteiger partial charge in [-0.05, 0) is 19.9 Å². The molecule has 3 rings (SSSR count). The van der Waals surface area contributed by atoms with Gasteiger partial charge in [0, 0.05) is 19.3 Å². The first-order valence-electron chi connectivity index (χ1n) is 6.77. The van der Waals surface area contributed by atoms with Crippen LogP contribution < -0.4 is 5.32 Å². The largest absolute Gasteiger partial charge is 0.309 e. The number of nitrogens with zero attached hydrogens (tertiary/aromatic N) is 5. The van der Waals surface area contributed by atoms with E-state index in [0.717, 1.165) is 22.0 Å². The molecular formula is C14H16N6OS. The third-order valence-corrected chi connectivity index (χ3v) is 4.14. The molecule has 1 N–H and O–H groups in total. The number of anilines is 1. The molecule has 0 saturated heterocycles. The first-order valence-corrected chi connectivity index (χ1v) is 7.65. The molecule has 0 aliphatic carbocycles. The summed E-state index contributed by atoms with van der Waals surface area (Å²) in [4.78, 5) is 17.3. The van der Waals surface area contributed by atoms with Gasteiger partial charge in [-0.1, -0.05) is 0 Å². The Morgan fingerprint density at radius 2 is 2.18 bits per heavy atom. The molecule has 114 valence electrons. The summed E-state index contributed by atoms with van der Waals surface area (Å²) in [6.45, 7) is 3.98. The molecular weight excluding hydrogens is 300 g/mol. The Bertz CT molecular complexity index is 815. The van der Waals surface area contributed by atoms with Crippen molar-refractivity contribution in [2.45, 2.75) is 20.4 Å². The van der Waals surface area contributed by atoms with E-state index in [1.54, 1.807) is 39.5 Å². The summed E-state index contributed by atoms with van der Waals surface area (Å²) < 4.78 is 3.26. The SMILES string of the molecule is Cc1cc(NC(=O)Cn2ccc(-c3scnc3C)n2)n(C)n1. The van der Waals surface area contributed by atoms with Gasteiger partial charge in [0.1, 0.15) is 18.1 Å². The van der Waals surface area contributed by atoms with Crippen LogP contribution in [0, 0.1) is 13.8 Å². The van der Waals surface area contributed by atoms with Gasteiger partial charge < -0.3 is 5.32 Å². The van der Waals surface area contributed by atoms with Crippen LogP contribution in [0.5, 0.6) is 0 Å². The molecule has 0 radical (unpaired) electrons. The highest BCUT2D eigenvalue weighted by atomic mass is 32.1. The van der Waals surface area contributed by atoms with Crippen LogP contribution in [0.2, 0.25) is 0 Å². The Balaban J connectivity index is 1.69. The van der Waals surface area contributed by atoms with Crippen molar-refractivity contribution in [3.63, 3.8) is 0 Å². The number of aryl methyl sites for hydroxylation is 3. The third kappa shape index (κ3) is 2.91. The molecule has 0 aliphatic heterocycles. The van der Waals surface area contributed by atoms with E-state index in [9.17, 15) is 4.79 Å². The molecule has 3 aromatic rings. The lowest BCUT2D eigenvalue weighted by atomic mass is 10.3. The molecule has 0 bridgehead atoms. The van der Waals surface area contributed by atoms with Crippen molar-refractivity contribution in [3.05, 3.63) is 35.2 Å². The van der Waals surface area contributed by atoms with Crippen LogP contribution in [0.15, 0.2) is 23.8 Å². The van der Waals surface area contributed by atoms with Crippen LogP contribution in [-0.4, -0.2) is 30.5 Å². The van der Waals surface area contributed by atoms with Gasteiger partial charge in [-0.15, -0.1) is 11.3 Å². The molecule has 0 unspecified atom stereocenters. The molecule has 22 heavy (non-hydrogen) atoms. The molecule has 1 amide bonds. The number of nitrogens with one attached hydrogen (secondary N) is 1. The fourth-order valence-electron chi connectivity index (χ4n) is 2.18. The number of rotatable bonds is 4. The van der Waals surface area contributed by atoms with E-state index >= 15 is 0 Å². The van der Waals surface area contributed by atoms with E-state index in [1.165, 1.54) is 0 Å². The van der Waals surface area contributed by atoms with Gasteiger partial charge >= 0.3 is 0 Å². The van der Waals surface area contributed by atoms with Gasteiger partial charge in [0.15, 0.2) is 0 Å². The second-order valence-corrected chi connectivity index (χ2v) is 5.86. The van der Waals surface area contributed by atoms with Crippen molar-refractivity contribution in [1.82, 2.24) is 24.5 Å². The Morgan fingerprint density at radius 1 is 1.36 bits per heavy atom. The van der Waals surface area contributed by atoms with E-state index in [2.05, 4.69) is 20.5 Å². The van der Waals surface area contributed by atoms with E-state index < -0.39 is 0 Å². The number of thiazole rings is 1. The van der Waals surface area contributed by atoms with Crippen LogP contribution >= 0.6 is 11.3 Å². The predicted octanol–water partition coefficient (Wildman–Crippen LogP) is 2.00. The summed E-state index contributed by atoms with van der Waals surface area (Å²) in [5.41, 5.74) is 4.44. The topological polar surface area (TPSA) is 77.6 Å². The van der Waals surface area contributed by atoms with Crippen LogP contribution in [-0.2, 0) is 18.4 Å². The summed E-state index contributed by atoms with van der Waals surface area (Å²) in [7, 11) is 1.79. The van der Waals surface area contributed by atoms with Gasteiger partial charge in [-0.2, -0.15) is 10.2 Å². The van der Waals surface area contributed by atoms with Crippen LogP contribution in [0.25, 0.3) is 10.6 Å². The second kappa shape index (κ2) is 5.72. The summed E-state index contributed by atoms with van der Waals surface area (Å²) >= 11 is 1.54. The Hall–Kier alpha value is -2.48. The zero-order valence-electron chi connectivity index (χ0n) is 12.6. The molecule has 7 nitrogen and oxygen atoms in total. The second-order valence-electron chi connectivity index (χ2n) is 5.01. The summed E-state index contributed by atoms with van der Waals surface area (Å²) in [6, 6.07) is 3.72. The normalized spacial score (nSPS) is 10.9. The number of amides is 1. The standard InChI is InChI=1S/C14H16N6OS/c1-9-6-12(19(3)17-9)16-13(21)7-20-5-4-11(18-20)14-10(2)15-8-22-14/h4-6,8H,7H2,1-3H3,(H,16,21). The van der Waals surface area contributed by atoms with Crippen LogP contribution in [0.4, 0.5) is 5.82 Å². The third-order valence-electron chi connectivity index (χ3n) is 3.19. The van der Waals surface area contributed by atoms with Gasteiger partial charge in [0.05, 0.1) is 21.8 Å². The summed E-state index contributed by atoms with van der Waals surface area (Å²) in [5, 5.41) is 11.4. The van der Waals surface area contributed by atoms with Crippen molar-refractivity contribution in [3.8, 4) is 10.6 Å². The number of hydrogen-bond donors (Lipinski definition) is 1. The fraction of sp³-hybridized carbons (Fsp3) is 0.286. The zero-order chi connectivity index (χ0) is 15.7. The summed E-state index contributed by atoms with van der Waals surface area (Å²) in [5.74, 6) is 0.534. The first kappa shape index (κ1) is 14.5. The van der Waals surface area contributed by atoms with Crippen molar-refractivity contribution in [1.29, 1.82) is 0 Å². The average Bonchev–Trinajstić information content (AvgIpc) is 3.12. The summed E-state index contributed by atoms with van der Waals surface area (Å²) in [6.07, 6.45) is 1.79. The van der Waals surface area contributed by atoms with E-state index in [-0.39, 0.29) is 12.5 Å². The van der Waals surface area contributed by atoms with Gasteiger partial charge in [0.2, 0.25) is 5.91 Å². The number of carbonyl (C=O) groups is 1. The Labute approximate surface area is 131 Å². The minimum Gasteiger partial charge on any atom is -0.309 e. The van der Waals surface area contributed by atoms with Gasteiger partial charge in [-0.25, -0.2) is 4.98 Å². The van der Waals surface area contributed by atoms with E-state index in [0.29, 0.717) is 5.82 Å². The van der Waals surface area contributed by atoms with Crippen molar-refractivity contribution in [2.24, 2.45) is 7.05 Å². The van der Waals surface area contributed by atoms with E-state index in [4.69, 9.17) is 0 Å². The molecule has 3 aromatic heterocycles. The average molecular weight is 316 g/mol. The number of hydrogen-bond acceptors (Lipinski definition) is 5. The molecule has 3 heterocycles. The molecule has 0 saturated carbocycles. The quantitative estimate of drug-likeness (QED) is 0.798. The molecule has 0 fully saturated rings. The maximum absolute atomic E-state index is 12.1. The van der Waals surface area contributed by atoms with Gasteiger partial charge in [-0.3, -0.25) is 14.2 Å². The number of aromatic nitrogens is 5. The lowest BCUT2D eigenvalue weighted by Crippen LogP contribution is -2.20. The highest BCUT2D eigenvalue weighted by molar-refractivity contribution is 7.13. The lowest BCUT2D eigenvalue weighted by molar-refractivity contribution is -0.116. The molecule has 0 atom stereocenters. The lowest BCUT2D eigenvalue weighted by Gasteiger charge is -2.05. The minimum absolute atomic E-state index is 0.140. The van der Waals surface area contributed by atoms with Crippen LogP contribution in [0.3, 0.4) is 0 Å². The predicted molar refractivity (Wildman–Crippen MR) is 84.6 cm³/mol. The molecule has 0 aliphatic rings. The van der Waals surface area contributed by atoms with Crippen LogP contribution in [0.1, 0.15) is 11.4 Å². The molecule has 8 heteroatoms. The number of carbonyl (C=O) groups excluding carboxylic acids is 1. The van der Waals surface area contributed by atoms with Crippen molar-refractivity contribution >= 4 is 23.1 Å². The smallest absolute Gasteiger partial charge is 0.247 e.